The van der Waals surface area contributed by atoms with E-state index in [2.05, 4.69) is 27.9 Å². The Labute approximate surface area is 177 Å². The summed E-state index contributed by atoms with van der Waals surface area (Å²) in [6.45, 7) is 1.90. The van der Waals surface area contributed by atoms with Crippen molar-refractivity contribution in [2.75, 3.05) is 18.4 Å². The molecule has 1 saturated heterocycles. The molecule has 1 unspecified atom stereocenters. The monoisotopic (exact) mass is 438 g/mol. The number of alkyl halides is 3. The summed E-state index contributed by atoms with van der Waals surface area (Å²) < 4.78 is 33.7. The molecule has 1 amide bonds. The SMILES string of the molecule is O=C(Nc1cnn(C2CNC2)c1)C(c1ccccc1)C1CCCC1.O=C(O)C(F)(F)F. The minimum absolute atomic E-state index is 0.0672. The third-order valence-corrected chi connectivity index (χ3v) is 5.56. The van der Waals surface area contributed by atoms with E-state index in [-0.39, 0.29) is 11.8 Å². The van der Waals surface area contributed by atoms with Gasteiger partial charge in [0.2, 0.25) is 5.91 Å². The van der Waals surface area contributed by atoms with Gasteiger partial charge in [0, 0.05) is 19.3 Å². The quantitative estimate of drug-likeness (QED) is 0.663. The summed E-state index contributed by atoms with van der Waals surface area (Å²) >= 11 is 0. The number of aliphatic carboxylic acids is 1. The summed E-state index contributed by atoms with van der Waals surface area (Å²) in [5, 5.41) is 17.8. The van der Waals surface area contributed by atoms with Gasteiger partial charge >= 0.3 is 12.1 Å². The molecule has 2 fully saturated rings. The van der Waals surface area contributed by atoms with Gasteiger partial charge in [0.1, 0.15) is 0 Å². The van der Waals surface area contributed by atoms with E-state index in [1.54, 1.807) is 6.20 Å². The zero-order chi connectivity index (χ0) is 22.4. The van der Waals surface area contributed by atoms with Gasteiger partial charge in [-0.3, -0.25) is 9.48 Å². The molecule has 0 spiro atoms. The van der Waals surface area contributed by atoms with Gasteiger partial charge in [0.15, 0.2) is 0 Å². The largest absolute Gasteiger partial charge is 0.490 e. The van der Waals surface area contributed by atoms with Crippen LogP contribution < -0.4 is 10.6 Å². The van der Waals surface area contributed by atoms with Gasteiger partial charge in [-0.2, -0.15) is 18.3 Å². The molecule has 1 aromatic heterocycles. The topological polar surface area (TPSA) is 96.3 Å². The van der Waals surface area contributed by atoms with Crippen molar-refractivity contribution in [1.29, 1.82) is 0 Å². The molecule has 2 aliphatic rings. The summed E-state index contributed by atoms with van der Waals surface area (Å²) in [4.78, 5) is 21.9. The first-order chi connectivity index (χ1) is 14.8. The molecule has 7 nitrogen and oxygen atoms in total. The molecule has 0 radical (unpaired) electrons. The van der Waals surface area contributed by atoms with Crippen molar-refractivity contribution in [3.63, 3.8) is 0 Å². The normalized spacial score (nSPS) is 17.9. The highest BCUT2D eigenvalue weighted by atomic mass is 19.4. The van der Waals surface area contributed by atoms with E-state index in [4.69, 9.17) is 9.90 Å². The van der Waals surface area contributed by atoms with Crippen LogP contribution in [-0.4, -0.2) is 46.0 Å². The van der Waals surface area contributed by atoms with Crippen molar-refractivity contribution < 1.29 is 27.9 Å². The standard InChI is InChI=1S/C19H24N4O.C2HF3O2/c24-19(22-16-10-21-23(13-16)17-11-20-12-17)18(15-8-4-5-9-15)14-6-2-1-3-7-14;3-2(4,5)1(6)7/h1-3,6-7,10,13,15,17-18,20H,4-5,8-9,11-12H2,(H,22,24);(H,6,7). The summed E-state index contributed by atoms with van der Waals surface area (Å²) in [6.07, 6.45) is 3.36. The van der Waals surface area contributed by atoms with Gasteiger partial charge in [0.25, 0.3) is 0 Å². The number of halogens is 3. The van der Waals surface area contributed by atoms with Crippen LogP contribution in [0.1, 0.15) is 43.2 Å². The van der Waals surface area contributed by atoms with E-state index in [1.807, 2.05) is 29.1 Å². The average Bonchev–Trinajstić information content (AvgIpc) is 3.34. The third-order valence-electron chi connectivity index (χ3n) is 5.56. The Balaban J connectivity index is 0.000000339. The molecule has 1 saturated carbocycles. The zero-order valence-electron chi connectivity index (χ0n) is 16.8. The number of carboxylic acids is 1. The molecule has 10 heteroatoms. The van der Waals surface area contributed by atoms with Gasteiger partial charge in [-0.25, -0.2) is 4.79 Å². The number of rotatable bonds is 5. The highest BCUT2D eigenvalue weighted by Crippen LogP contribution is 2.38. The smallest absolute Gasteiger partial charge is 0.475 e. The number of aromatic nitrogens is 2. The highest BCUT2D eigenvalue weighted by Gasteiger charge is 2.38. The van der Waals surface area contributed by atoms with E-state index in [9.17, 15) is 18.0 Å². The molecule has 31 heavy (non-hydrogen) atoms. The van der Waals surface area contributed by atoms with E-state index >= 15 is 0 Å². The molecule has 4 rings (SSSR count). The number of amides is 1. The van der Waals surface area contributed by atoms with Crippen LogP contribution in [-0.2, 0) is 9.59 Å². The zero-order valence-corrected chi connectivity index (χ0v) is 16.8. The van der Waals surface area contributed by atoms with Crippen molar-refractivity contribution in [3.8, 4) is 0 Å². The lowest BCUT2D eigenvalue weighted by Crippen LogP contribution is -2.43. The van der Waals surface area contributed by atoms with Crippen molar-refractivity contribution >= 4 is 17.6 Å². The Morgan fingerprint density at radius 2 is 1.77 bits per heavy atom. The maximum Gasteiger partial charge on any atom is 0.490 e. The lowest BCUT2D eigenvalue weighted by atomic mass is 9.84. The van der Waals surface area contributed by atoms with Gasteiger partial charge < -0.3 is 15.7 Å². The molecule has 168 valence electrons. The predicted molar refractivity (Wildman–Crippen MR) is 108 cm³/mol. The second kappa shape index (κ2) is 9.95. The van der Waals surface area contributed by atoms with E-state index in [0.29, 0.717) is 12.0 Å². The lowest BCUT2D eigenvalue weighted by Gasteiger charge is -2.27. The van der Waals surface area contributed by atoms with Crippen LogP contribution >= 0.6 is 0 Å². The maximum absolute atomic E-state index is 13.0. The summed E-state index contributed by atoms with van der Waals surface area (Å²) in [7, 11) is 0. The second-order valence-corrected chi connectivity index (χ2v) is 7.75. The highest BCUT2D eigenvalue weighted by molar-refractivity contribution is 5.96. The molecule has 2 aromatic rings. The first-order valence-electron chi connectivity index (χ1n) is 10.2. The van der Waals surface area contributed by atoms with Gasteiger partial charge in [-0.05, 0) is 24.3 Å². The van der Waals surface area contributed by atoms with Crippen LogP contribution in [0.4, 0.5) is 18.9 Å². The molecule has 1 atom stereocenters. The molecule has 0 bridgehead atoms. The number of benzene rings is 1. The third kappa shape index (κ3) is 6.06. The van der Waals surface area contributed by atoms with Gasteiger partial charge in [-0.1, -0.05) is 43.2 Å². The average molecular weight is 438 g/mol. The van der Waals surface area contributed by atoms with Crippen LogP contribution in [0.3, 0.4) is 0 Å². The Kier molecular flexibility index (Phi) is 7.32. The molecule has 1 aromatic carbocycles. The maximum atomic E-state index is 13.0. The van der Waals surface area contributed by atoms with Crippen LogP contribution in [0.2, 0.25) is 0 Å². The van der Waals surface area contributed by atoms with Crippen molar-refractivity contribution in [2.45, 2.75) is 43.8 Å². The van der Waals surface area contributed by atoms with Gasteiger partial charge in [-0.15, -0.1) is 0 Å². The van der Waals surface area contributed by atoms with Crippen molar-refractivity contribution in [1.82, 2.24) is 15.1 Å². The number of hydrogen-bond acceptors (Lipinski definition) is 4. The Morgan fingerprint density at radius 3 is 2.29 bits per heavy atom. The van der Waals surface area contributed by atoms with Crippen molar-refractivity contribution in [3.05, 3.63) is 48.3 Å². The number of nitrogens with one attached hydrogen (secondary N) is 2. The molecule has 3 N–H and O–H groups in total. The summed E-state index contributed by atoms with van der Waals surface area (Å²) in [5.41, 5.74) is 1.92. The number of carbonyl (C=O) groups is 2. The van der Waals surface area contributed by atoms with Crippen LogP contribution in [0, 0.1) is 5.92 Å². The number of carboxylic acid groups (broad SMARTS) is 1. The fraction of sp³-hybridized carbons (Fsp3) is 0.476. The van der Waals surface area contributed by atoms with E-state index in [0.717, 1.165) is 37.2 Å². The molecule has 2 heterocycles. The van der Waals surface area contributed by atoms with E-state index < -0.39 is 12.1 Å². The number of carbonyl (C=O) groups excluding carboxylic acids is 1. The Morgan fingerprint density at radius 1 is 1.16 bits per heavy atom. The fourth-order valence-electron chi connectivity index (χ4n) is 3.87. The second-order valence-electron chi connectivity index (χ2n) is 7.75. The van der Waals surface area contributed by atoms with Crippen molar-refractivity contribution in [2.24, 2.45) is 5.92 Å². The molecule has 1 aliphatic carbocycles. The molecular formula is C21H25F3N4O3. The first-order valence-corrected chi connectivity index (χ1v) is 10.2. The van der Waals surface area contributed by atoms with Crippen LogP contribution in [0.25, 0.3) is 0 Å². The minimum atomic E-state index is -5.08. The number of nitrogens with zero attached hydrogens (tertiary/aromatic N) is 2. The predicted octanol–water partition coefficient (Wildman–Crippen LogP) is 3.57. The van der Waals surface area contributed by atoms with Gasteiger partial charge in [0.05, 0.1) is 23.8 Å². The summed E-state index contributed by atoms with van der Waals surface area (Å²) in [6, 6.07) is 10.6. The summed E-state index contributed by atoms with van der Waals surface area (Å²) in [5.74, 6) is -2.28. The number of hydrogen-bond donors (Lipinski definition) is 3. The Hall–Kier alpha value is -2.88. The fourth-order valence-corrected chi connectivity index (χ4v) is 3.87. The van der Waals surface area contributed by atoms with Crippen LogP contribution in [0.15, 0.2) is 42.7 Å². The van der Waals surface area contributed by atoms with E-state index in [1.165, 1.54) is 12.8 Å². The minimum Gasteiger partial charge on any atom is -0.475 e. The number of anilines is 1. The Bertz CT molecular complexity index is 875. The molecular weight excluding hydrogens is 413 g/mol. The van der Waals surface area contributed by atoms with Crippen LogP contribution in [0.5, 0.6) is 0 Å². The first kappa shape index (κ1) is 22.8. The molecule has 1 aliphatic heterocycles. The lowest BCUT2D eigenvalue weighted by molar-refractivity contribution is -0.192.